The van der Waals surface area contributed by atoms with Gasteiger partial charge in [0.15, 0.2) is 0 Å². The number of hydrogen-bond donors (Lipinski definition) is 1. The predicted molar refractivity (Wildman–Crippen MR) is 153 cm³/mol. The van der Waals surface area contributed by atoms with Gasteiger partial charge in [-0.05, 0) is 50.1 Å². The minimum absolute atomic E-state index is 0.0667. The van der Waals surface area contributed by atoms with Gasteiger partial charge in [-0.1, -0.05) is 60.7 Å². The lowest BCUT2D eigenvalue weighted by Gasteiger charge is -2.37. The minimum atomic E-state index is -4.02. The smallest absolute Gasteiger partial charge is 0.216 e. The van der Waals surface area contributed by atoms with Crippen molar-refractivity contribution in [1.29, 1.82) is 0 Å². The molecule has 0 saturated heterocycles. The van der Waals surface area contributed by atoms with Crippen molar-refractivity contribution in [2.24, 2.45) is 0 Å². The summed E-state index contributed by atoms with van der Waals surface area (Å²) in [7, 11) is -2.74. The first-order valence-electron chi connectivity index (χ1n) is 12.5. The molecule has 0 aromatic heterocycles. The molecule has 39 heavy (non-hydrogen) atoms. The summed E-state index contributed by atoms with van der Waals surface area (Å²) in [5.41, 5.74) is 0.0454. The highest BCUT2D eigenvalue weighted by Crippen LogP contribution is 2.30. The Morgan fingerprint density at radius 3 is 2.13 bits per heavy atom. The van der Waals surface area contributed by atoms with Gasteiger partial charge >= 0.3 is 0 Å². The summed E-state index contributed by atoms with van der Waals surface area (Å²) >= 11 is 0. The largest absolute Gasteiger partial charge is 0.497 e. The summed E-state index contributed by atoms with van der Waals surface area (Å²) in [6.45, 7) is 5.31. The number of benzene rings is 3. The summed E-state index contributed by atoms with van der Waals surface area (Å²) < 4.78 is 71.0. The molecule has 0 aliphatic rings. The first-order chi connectivity index (χ1) is 18.4. The molecule has 0 radical (unpaired) electrons. The van der Waals surface area contributed by atoms with Crippen molar-refractivity contribution in [1.82, 2.24) is 9.03 Å². The van der Waals surface area contributed by atoms with Gasteiger partial charge in [0.25, 0.3) is 0 Å². The van der Waals surface area contributed by atoms with Crippen molar-refractivity contribution in [2.45, 2.75) is 44.2 Å². The maximum Gasteiger partial charge on any atom is 0.216 e. The van der Waals surface area contributed by atoms with Crippen molar-refractivity contribution in [3.8, 4) is 5.75 Å². The summed E-state index contributed by atoms with van der Waals surface area (Å²) in [6, 6.07) is 22.4. The van der Waals surface area contributed by atoms with Gasteiger partial charge in [0, 0.05) is 19.2 Å². The van der Waals surface area contributed by atoms with E-state index in [1.54, 1.807) is 58.2 Å². The number of halogens is 1. The zero-order valence-corrected chi connectivity index (χ0v) is 24.6. The highest BCUT2D eigenvalue weighted by Gasteiger charge is 2.44. The standard InChI is InChI=1S/C29H37FN2O5S2/c1-28(2,3)38(33)31-29(26-13-9-10-14-27(26)30,21-37-20-24-11-7-6-8-12-24)22-39(34,35)32(4)19-23-15-17-25(36-5)18-16-23/h6-18,31H,19-22H2,1-5H3/t29-,38+/m1/s1. The summed E-state index contributed by atoms with van der Waals surface area (Å²) in [4.78, 5) is 0. The number of methoxy groups -OCH3 is 1. The molecule has 0 saturated carbocycles. The Kier molecular flexibility index (Phi) is 10.4. The van der Waals surface area contributed by atoms with Gasteiger partial charge in [0.2, 0.25) is 10.0 Å². The minimum Gasteiger partial charge on any atom is -0.497 e. The molecule has 3 aromatic rings. The second-order valence-electron chi connectivity index (χ2n) is 10.4. The molecule has 3 aromatic carbocycles. The quantitative estimate of drug-likeness (QED) is 0.317. The van der Waals surface area contributed by atoms with Gasteiger partial charge in [-0.25, -0.2) is 26.0 Å². The van der Waals surface area contributed by atoms with Gasteiger partial charge in [-0.15, -0.1) is 0 Å². The maximum absolute atomic E-state index is 15.4. The van der Waals surface area contributed by atoms with E-state index < -0.39 is 42.9 Å². The summed E-state index contributed by atoms with van der Waals surface area (Å²) in [6.07, 6.45) is 0. The molecule has 0 heterocycles. The van der Waals surface area contributed by atoms with Crippen LogP contribution < -0.4 is 9.46 Å². The van der Waals surface area contributed by atoms with E-state index in [1.165, 1.54) is 29.6 Å². The second-order valence-corrected chi connectivity index (χ2v) is 14.4. The number of hydrogen-bond acceptors (Lipinski definition) is 5. The predicted octanol–water partition coefficient (Wildman–Crippen LogP) is 4.76. The highest BCUT2D eigenvalue weighted by molar-refractivity contribution is 7.89. The molecule has 0 aliphatic carbocycles. The molecule has 0 fully saturated rings. The van der Waals surface area contributed by atoms with Crippen molar-refractivity contribution in [2.75, 3.05) is 26.5 Å². The van der Waals surface area contributed by atoms with Crippen molar-refractivity contribution in [3.63, 3.8) is 0 Å². The lowest BCUT2D eigenvalue weighted by atomic mass is 9.93. The number of sulfonamides is 1. The van der Waals surface area contributed by atoms with E-state index >= 15 is 4.39 Å². The molecule has 3 rings (SSSR count). The summed E-state index contributed by atoms with van der Waals surface area (Å²) in [5.74, 6) is -0.538. The first kappa shape index (κ1) is 30.9. The number of rotatable bonds is 13. The molecule has 0 aliphatic heterocycles. The Bertz CT molecular complexity index is 1350. The lowest BCUT2D eigenvalue weighted by molar-refractivity contribution is 0.0719. The molecule has 2 atom stereocenters. The highest BCUT2D eigenvalue weighted by atomic mass is 32.2. The Morgan fingerprint density at radius 2 is 1.54 bits per heavy atom. The average Bonchev–Trinajstić information content (AvgIpc) is 2.89. The average molecular weight is 577 g/mol. The third kappa shape index (κ3) is 8.43. The molecule has 1 N–H and O–H groups in total. The monoisotopic (exact) mass is 576 g/mol. The fourth-order valence-corrected chi connectivity index (χ4v) is 6.41. The van der Waals surface area contributed by atoms with E-state index in [2.05, 4.69) is 4.72 Å². The molecular formula is C29H37FN2O5S2. The van der Waals surface area contributed by atoms with E-state index in [4.69, 9.17) is 9.47 Å². The van der Waals surface area contributed by atoms with E-state index in [-0.39, 0.29) is 25.3 Å². The van der Waals surface area contributed by atoms with Crippen LogP contribution in [0.25, 0.3) is 0 Å². The van der Waals surface area contributed by atoms with Crippen LogP contribution in [0, 0.1) is 5.82 Å². The fourth-order valence-electron chi connectivity index (χ4n) is 3.92. The molecule has 212 valence electrons. The molecule has 0 amide bonds. The molecule has 0 spiro atoms. The van der Waals surface area contributed by atoms with Crippen LogP contribution >= 0.6 is 0 Å². The van der Waals surface area contributed by atoms with Crippen molar-refractivity contribution in [3.05, 3.63) is 101 Å². The molecule has 10 heteroatoms. The second kappa shape index (κ2) is 13.1. The van der Waals surface area contributed by atoms with Gasteiger partial charge in [0.1, 0.15) is 11.6 Å². The summed E-state index contributed by atoms with van der Waals surface area (Å²) in [5, 5.41) is 0. The molecular weight excluding hydrogens is 539 g/mol. The fraction of sp³-hybridized carbons (Fsp3) is 0.379. The zero-order chi connectivity index (χ0) is 28.7. The van der Waals surface area contributed by atoms with E-state index in [1.807, 2.05) is 30.3 Å². The number of nitrogens with one attached hydrogen (secondary N) is 1. The molecule has 0 bridgehead atoms. The van der Waals surface area contributed by atoms with Crippen molar-refractivity contribution < 1.29 is 26.5 Å². The van der Waals surface area contributed by atoms with Crippen molar-refractivity contribution >= 4 is 21.0 Å². The van der Waals surface area contributed by atoms with Crippen LogP contribution in [0.3, 0.4) is 0 Å². The van der Waals surface area contributed by atoms with Gasteiger partial charge in [0.05, 0.1) is 47.3 Å². The van der Waals surface area contributed by atoms with Crippen LogP contribution in [0.15, 0.2) is 78.9 Å². The number of ether oxygens (including phenoxy) is 2. The van der Waals surface area contributed by atoms with E-state index in [0.29, 0.717) is 5.75 Å². The van der Waals surface area contributed by atoms with E-state index in [9.17, 15) is 12.6 Å². The number of nitrogens with zero attached hydrogens (tertiary/aromatic N) is 1. The Hall–Kier alpha value is -2.63. The Morgan fingerprint density at radius 1 is 0.923 bits per heavy atom. The third-order valence-electron chi connectivity index (χ3n) is 6.16. The van der Waals surface area contributed by atoms with Gasteiger partial charge in [-0.3, -0.25) is 0 Å². The van der Waals surface area contributed by atoms with Crippen LogP contribution in [0.2, 0.25) is 0 Å². The third-order valence-corrected chi connectivity index (χ3v) is 9.79. The maximum atomic E-state index is 15.4. The molecule has 7 nitrogen and oxygen atoms in total. The van der Waals surface area contributed by atoms with Crippen LogP contribution in [0.5, 0.6) is 5.75 Å². The normalized spacial score (nSPS) is 14.6. The first-order valence-corrected chi connectivity index (χ1v) is 15.3. The molecule has 0 unspecified atom stereocenters. The van der Waals surface area contributed by atoms with Gasteiger partial charge < -0.3 is 9.47 Å². The van der Waals surface area contributed by atoms with Crippen LogP contribution in [-0.4, -0.2) is 48.2 Å². The van der Waals surface area contributed by atoms with Crippen LogP contribution in [-0.2, 0) is 44.4 Å². The van der Waals surface area contributed by atoms with Crippen LogP contribution in [0.1, 0.15) is 37.5 Å². The van der Waals surface area contributed by atoms with Gasteiger partial charge in [-0.2, -0.15) is 0 Å². The van der Waals surface area contributed by atoms with E-state index in [0.717, 1.165) is 11.1 Å². The SMILES string of the molecule is COc1ccc(CN(C)S(=O)(=O)C[C@@](COCc2ccccc2)(N[S@@](=O)C(C)(C)C)c2ccccc2F)cc1. The Labute approximate surface area is 234 Å². The van der Waals surface area contributed by atoms with Crippen LogP contribution in [0.4, 0.5) is 4.39 Å². The Balaban J connectivity index is 2.00. The zero-order valence-electron chi connectivity index (χ0n) is 23.0. The lowest BCUT2D eigenvalue weighted by Crippen LogP contribution is -2.56. The topological polar surface area (TPSA) is 84.9 Å².